The number of halogens is 1. The number of anilines is 1. The monoisotopic (exact) mass is 275 g/mol. The Bertz CT molecular complexity index is 707. The lowest BCUT2D eigenvalue weighted by molar-refractivity contribution is -0.688. The second kappa shape index (κ2) is 5.24. The van der Waals surface area contributed by atoms with Crippen LogP contribution in [-0.2, 0) is 6.67 Å². The zero-order chi connectivity index (χ0) is 12.5. The van der Waals surface area contributed by atoms with Crippen LogP contribution in [0.25, 0.3) is 11.0 Å². The van der Waals surface area contributed by atoms with Gasteiger partial charge in [0.2, 0.25) is 0 Å². The van der Waals surface area contributed by atoms with Crippen molar-refractivity contribution in [3.63, 3.8) is 0 Å². The molecule has 3 aromatic rings. The van der Waals surface area contributed by atoms with Crippen molar-refractivity contribution >= 4 is 16.9 Å². The van der Waals surface area contributed by atoms with E-state index in [0.29, 0.717) is 6.67 Å². The average Bonchev–Trinajstić information content (AvgIpc) is 2.76. The summed E-state index contributed by atoms with van der Waals surface area (Å²) in [6.45, 7) is 2.58. The van der Waals surface area contributed by atoms with E-state index in [1.807, 2.05) is 58.8 Å². The fraction of sp³-hybridized carbons (Fsp3) is 0.154. The molecule has 0 spiro atoms. The molecular weight excluding hydrogens is 262 g/mol. The Morgan fingerprint density at radius 1 is 1.26 bits per heavy atom. The molecule has 3 rings (SSSR count). The number of pyridine rings is 1. The van der Waals surface area contributed by atoms with E-state index in [9.17, 15) is 0 Å². The van der Waals surface area contributed by atoms with Crippen LogP contribution in [0.1, 0.15) is 5.56 Å². The van der Waals surface area contributed by atoms with Gasteiger partial charge >= 0.3 is 0 Å². The zero-order valence-corrected chi connectivity index (χ0v) is 11.2. The maximum atomic E-state index is 5.98. The van der Waals surface area contributed by atoms with E-state index in [4.69, 9.17) is 5.73 Å². The minimum atomic E-state index is 0. The molecule has 98 valence electrons. The number of benzene rings is 1. The Balaban J connectivity index is 0.00000133. The summed E-state index contributed by atoms with van der Waals surface area (Å²) in [5.41, 5.74) is 9.03. The summed E-state index contributed by atoms with van der Waals surface area (Å²) < 4.78 is 3.77. The van der Waals surface area contributed by atoms with Gasteiger partial charge in [-0.1, -0.05) is 17.3 Å². The van der Waals surface area contributed by atoms with Crippen LogP contribution in [0.2, 0.25) is 0 Å². The van der Waals surface area contributed by atoms with Crippen LogP contribution < -0.4 is 22.7 Å². The Hall–Kier alpha value is -2.14. The summed E-state index contributed by atoms with van der Waals surface area (Å²) in [6.07, 6.45) is 1.96. The number of aryl methyl sites for hydroxylation is 1. The molecule has 0 unspecified atom stereocenters. The molecule has 0 aliphatic heterocycles. The number of nitrogen functional groups attached to an aromatic ring is 1. The van der Waals surface area contributed by atoms with Crippen molar-refractivity contribution in [3.8, 4) is 0 Å². The Morgan fingerprint density at radius 2 is 2.05 bits per heavy atom. The highest BCUT2D eigenvalue weighted by Crippen LogP contribution is 2.09. The third kappa shape index (κ3) is 2.51. The zero-order valence-electron chi connectivity index (χ0n) is 10.5. The standard InChI is InChI=1S/C13H13N5.ClH/c1-10-6-7-17(13(14)8-10)9-18-12-5-3-2-4-11(12)15-16-18;/h2-8,14H,9H2,1H3;1H. The molecule has 19 heavy (non-hydrogen) atoms. The first kappa shape index (κ1) is 13.3. The molecule has 2 aromatic heterocycles. The Labute approximate surface area is 117 Å². The van der Waals surface area contributed by atoms with E-state index < -0.39 is 0 Å². The van der Waals surface area contributed by atoms with Gasteiger partial charge < -0.3 is 12.4 Å². The first-order valence-corrected chi connectivity index (χ1v) is 5.78. The summed E-state index contributed by atoms with van der Waals surface area (Å²) in [4.78, 5) is 0. The van der Waals surface area contributed by atoms with Crippen LogP contribution in [0.3, 0.4) is 0 Å². The molecule has 0 fully saturated rings. The molecular formula is C13H14ClN5. The van der Waals surface area contributed by atoms with Crippen molar-refractivity contribution in [2.75, 3.05) is 5.73 Å². The number of hydrogen-bond donors (Lipinski definition) is 1. The lowest BCUT2D eigenvalue weighted by Gasteiger charge is -2.04. The van der Waals surface area contributed by atoms with Gasteiger partial charge in [-0.25, -0.2) is 9.25 Å². The van der Waals surface area contributed by atoms with Crippen LogP contribution in [-0.4, -0.2) is 15.0 Å². The minimum Gasteiger partial charge on any atom is -1.00 e. The fourth-order valence-corrected chi connectivity index (χ4v) is 1.95. The van der Waals surface area contributed by atoms with E-state index in [2.05, 4.69) is 10.3 Å². The van der Waals surface area contributed by atoms with Crippen LogP contribution in [0.4, 0.5) is 5.82 Å². The molecule has 6 heteroatoms. The molecule has 0 aliphatic carbocycles. The highest BCUT2D eigenvalue weighted by Gasteiger charge is 2.08. The molecule has 0 aliphatic rings. The summed E-state index contributed by atoms with van der Waals surface area (Å²) in [5, 5.41) is 8.27. The molecule has 0 atom stereocenters. The maximum Gasteiger partial charge on any atom is 0.274 e. The maximum absolute atomic E-state index is 5.98. The number of fused-ring (bicyclic) bond motifs is 1. The highest BCUT2D eigenvalue weighted by atomic mass is 35.5. The number of nitrogens with zero attached hydrogens (tertiary/aromatic N) is 4. The summed E-state index contributed by atoms with van der Waals surface area (Å²) in [7, 11) is 0. The van der Waals surface area contributed by atoms with Crippen LogP contribution in [0.15, 0.2) is 42.6 Å². The lowest BCUT2D eigenvalue weighted by Crippen LogP contribution is -3.00. The molecule has 2 N–H and O–H groups in total. The Morgan fingerprint density at radius 3 is 2.84 bits per heavy atom. The molecule has 0 amide bonds. The van der Waals surface area contributed by atoms with Gasteiger partial charge in [0.25, 0.3) is 5.82 Å². The summed E-state index contributed by atoms with van der Waals surface area (Å²) >= 11 is 0. The van der Waals surface area contributed by atoms with Gasteiger partial charge in [0, 0.05) is 6.07 Å². The number of aromatic nitrogens is 4. The van der Waals surface area contributed by atoms with Gasteiger partial charge in [-0.2, -0.15) is 0 Å². The molecule has 1 aromatic carbocycles. The van der Waals surface area contributed by atoms with Gasteiger partial charge in [-0.15, -0.1) is 5.10 Å². The van der Waals surface area contributed by atoms with Gasteiger partial charge in [0.05, 0.1) is 11.7 Å². The lowest BCUT2D eigenvalue weighted by atomic mass is 10.3. The van der Waals surface area contributed by atoms with Crippen molar-refractivity contribution in [1.82, 2.24) is 15.0 Å². The normalized spacial score (nSPS) is 10.4. The van der Waals surface area contributed by atoms with Gasteiger partial charge in [0.1, 0.15) is 5.52 Å². The Kier molecular flexibility index (Phi) is 3.66. The number of hydrogen-bond acceptors (Lipinski definition) is 3. The molecule has 5 nitrogen and oxygen atoms in total. The minimum absolute atomic E-state index is 0. The quantitative estimate of drug-likeness (QED) is 0.557. The smallest absolute Gasteiger partial charge is 0.274 e. The predicted octanol–water partition coefficient (Wildman–Crippen LogP) is -1.88. The van der Waals surface area contributed by atoms with Gasteiger partial charge in [0.15, 0.2) is 6.67 Å². The largest absolute Gasteiger partial charge is 1.00 e. The van der Waals surface area contributed by atoms with Crippen molar-refractivity contribution in [1.29, 1.82) is 0 Å². The van der Waals surface area contributed by atoms with E-state index in [-0.39, 0.29) is 12.4 Å². The average molecular weight is 276 g/mol. The van der Waals surface area contributed by atoms with Crippen molar-refractivity contribution in [2.45, 2.75) is 13.6 Å². The molecule has 0 saturated heterocycles. The van der Waals surface area contributed by atoms with E-state index in [1.165, 1.54) is 0 Å². The van der Waals surface area contributed by atoms with Crippen molar-refractivity contribution < 1.29 is 17.0 Å². The summed E-state index contributed by atoms with van der Waals surface area (Å²) in [5.74, 6) is 0.717. The summed E-state index contributed by atoms with van der Waals surface area (Å²) in [6, 6.07) is 11.8. The second-order valence-corrected chi connectivity index (χ2v) is 4.32. The van der Waals surface area contributed by atoms with E-state index in [0.717, 1.165) is 22.4 Å². The van der Waals surface area contributed by atoms with E-state index in [1.54, 1.807) is 0 Å². The van der Waals surface area contributed by atoms with Crippen molar-refractivity contribution in [2.24, 2.45) is 0 Å². The molecule has 2 heterocycles. The number of para-hydroxylation sites is 1. The van der Waals surface area contributed by atoms with Gasteiger partial charge in [-0.05, 0) is 30.7 Å². The van der Waals surface area contributed by atoms with Crippen LogP contribution in [0.5, 0.6) is 0 Å². The van der Waals surface area contributed by atoms with Gasteiger partial charge in [-0.3, -0.25) is 5.73 Å². The first-order chi connectivity index (χ1) is 8.74. The highest BCUT2D eigenvalue weighted by molar-refractivity contribution is 5.73. The molecule has 0 bridgehead atoms. The predicted molar refractivity (Wildman–Crippen MR) is 68.7 cm³/mol. The third-order valence-corrected chi connectivity index (χ3v) is 2.93. The molecule has 0 saturated carbocycles. The van der Waals surface area contributed by atoms with Crippen LogP contribution in [0, 0.1) is 6.92 Å². The number of rotatable bonds is 2. The molecule has 0 radical (unpaired) electrons. The second-order valence-electron chi connectivity index (χ2n) is 4.32. The third-order valence-electron chi connectivity index (χ3n) is 2.93. The first-order valence-electron chi connectivity index (χ1n) is 5.78. The SMILES string of the molecule is Cc1cc[n+](Cn2nnc3ccccc32)c(N)c1.[Cl-]. The van der Waals surface area contributed by atoms with E-state index >= 15 is 0 Å². The van der Waals surface area contributed by atoms with Crippen LogP contribution >= 0.6 is 0 Å². The number of nitrogens with two attached hydrogens (primary N) is 1. The fourth-order valence-electron chi connectivity index (χ4n) is 1.95. The van der Waals surface area contributed by atoms with Crippen molar-refractivity contribution in [3.05, 3.63) is 48.2 Å². The topological polar surface area (TPSA) is 60.6 Å².